The Kier molecular flexibility index (Phi) is 5.70. The number of benzene rings is 2. The van der Waals surface area contributed by atoms with Crippen LogP contribution in [-0.4, -0.2) is 40.2 Å². The summed E-state index contributed by atoms with van der Waals surface area (Å²) in [6.07, 6.45) is 10.5. The molecule has 2 aliphatic carbocycles. The number of piperidine rings is 1. The molecule has 3 aromatic rings. The number of carboxylic acid groups (broad SMARTS) is 1. The summed E-state index contributed by atoms with van der Waals surface area (Å²) in [5, 5.41) is 10.8. The van der Waals surface area contributed by atoms with Crippen molar-refractivity contribution in [3.63, 3.8) is 0 Å². The molecule has 34 heavy (non-hydrogen) atoms. The van der Waals surface area contributed by atoms with Crippen molar-refractivity contribution in [2.24, 2.45) is 5.92 Å². The number of H-pyrrole nitrogens is 1. The summed E-state index contributed by atoms with van der Waals surface area (Å²) in [6.45, 7) is 4.10. The molecule has 178 valence electrons. The Morgan fingerprint density at radius 3 is 2.71 bits per heavy atom. The minimum atomic E-state index is -0.871. The van der Waals surface area contributed by atoms with Gasteiger partial charge in [-0.25, -0.2) is 4.79 Å². The van der Waals surface area contributed by atoms with E-state index in [9.17, 15) is 9.90 Å². The van der Waals surface area contributed by atoms with Crippen LogP contribution >= 0.6 is 0 Å². The number of fused-ring (bicyclic) bond motifs is 3. The van der Waals surface area contributed by atoms with E-state index >= 15 is 0 Å². The third-order valence-electron chi connectivity index (χ3n) is 8.23. The van der Waals surface area contributed by atoms with Crippen LogP contribution in [0.4, 0.5) is 0 Å². The number of hydrogen-bond donors (Lipinski definition) is 2. The summed E-state index contributed by atoms with van der Waals surface area (Å²) in [7, 11) is 0. The maximum absolute atomic E-state index is 11.4. The normalized spacial score (nSPS) is 25.4. The first-order chi connectivity index (χ1) is 16.6. The monoisotopic (exact) mass is 458 g/mol. The van der Waals surface area contributed by atoms with Crippen LogP contribution in [0.25, 0.3) is 10.9 Å². The van der Waals surface area contributed by atoms with E-state index in [1.165, 1.54) is 52.4 Å². The van der Waals surface area contributed by atoms with Crippen LogP contribution in [0.5, 0.6) is 0 Å². The highest BCUT2D eigenvalue weighted by Gasteiger charge is 2.38. The molecule has 5 nitrogen and oxygen atoms in total. The fraction of sp³-hybridized carbons (Fsp3) is 0.483. The lowest BCUT2D eigenvalue weighted by Crippen LogP contribution is -2.43. The Bertz CT molecular complexity index is 1190. The van der Waals surface area contributed by atoms with E-state index in [-0.39, 0.29) is 12.1 Å². The van der Waals surface area contributed by atoms with Crippen molar-refractivity contribution in [2.75, 3.05) is 13.2 Å². The summed E-state index contributed by atoms with van der Waals surface area (Å²) in [4.78, 5) is 17.6. The van der Waals surface area contributed by atoms with Gasteiger partial charge >= 0.3 is 5.97 Å². The number of nitrogens with one attached hydrogen (secondary N) is 1. The van der Waals surface area contributed by atoms with Gasteiger partial charge in [-0.1, -0.05) is 18.2 Å². The minimum Gasteiger partial charge on any atom is -0.478 e. The van der Waals surface area contributed by atoms with Crippen molar-refractivity contribution < 1.29 is 14.6 Å². The number of hydrogen-bond acceptors (Lipinski definition) is 3. The van der Waals surface area contributed by atoms with Crippen LogP contribution in [0, 0.1) is 12.8 Å². The Morgan fingerprint density at radius 2 is 1.94 bits per heavy atom. The fourth-order valence-corrected chi connectivity index (χ4v) is 6.27. The van der Waals surface area contributed by atoms with Gasteiger partial charge in [0.1, 0.15) is 0 Å². The number of aromatic amines is 1. The van der Waals surface area contributed by atoms with E-state index in [0.29, 0.717) is 11.6 Å². The molecule has 1 aliphatic heterocycles. The van der Waals surface area contributed by atoms with Crippen molar-refractivity contribution in [3.8, 4) is 0 Å². The molecule has 2 aromatic carbocycles. The second-order valence-electron chi connectivity index (χ2n) is 10.5. The molecule has 0 bridgehead atoms. The molecule has 1 saturated heterocycles. The van der Waals surface area contributed by atoms with Crippen molar-refractivity contribution in [1.82, 2.24) is 9.88 Å². The number of ether oxygens (including phenoxy) is 1. The lowest BCUT2D eigenvalue weighted by Gasteiger charge is -2.46. The van der Waals surface area contributed by atoms with Crippen LogP contribution in [0.15, 0.2) is 42.6 Å². The van der Waals surface area contributed by atoms with Crippen LogP contribution in [0.2, 0.25) is 0 Å². The molecule has 2 N–H and O–H groups in total. The number of likely N-dealkylation sites (tertiary alicyclic amines) is 1. The van der Waals surface area contributed by atoms with Gasteiger partial charge in [-0.15, -0.1) is 0 Å². The molecule has 3 atom stereocenters. The molecule has 6 rings (SSSR count). The van der Waals surface area contributed by atoms with Gasteiger partial charge in [0.2, 0.25) is 0 Å². The van der Waals surface area contributed by atoms with Gasteiger partial charge in [-0.3, -0.25) is 4.90 Å². The standard InChI is InChI=1S/C29H34N2O3/c1-18-15-22-3-2-4-25(27(22)24-11-13-30-28(18)24)31-14-12-23(34-17-19-5-6-19)16-26(31)20-7-9-21(10-8-20)29(32)33/h7-11,13,15,19,23,25-26,30H,2-6,12,14,16-17H2,1H3,(H,32,33)/t23-,25?,26-/m1/s1. The van der Waals surface area contributed by atoms with E-state index in [1.807, 2.05) is 12.1 Å². The van der Waals surface area contributed by atoms with Crippen molar-refractivity contribution in [3.05, 3.63) is 70.4 Å². The lowest BCUT2D eigenvalue weighted by molar-refractivity contribution is -0.0356. The zero-order chi connectivity index (χ0) is 23.2. The van der Waals surface area contributed by atoms with E-state index in [0.717, 1.165) is 44.8 Å². The van der Waals surface area contributed by atoms with Crippen LogP contribution < -0.4 is 0 Å². The van der Waals surface area contributed by atoms with Gasteiger partial charge in [0.25, 0.3) is 0 Å². The number of carboxylic acids is 1. The van der Waals surface area contributed by atoms with Crippen molar-refractivity contribution in [1.29, 1.82) is 0 Å². The third kappa shape index (κ3) is 4.05. The summed E-state index contributed by atoms with van der Waals surface area (Å²) in [6, 6.07) is 12.8. The van der Waals surface area contributed by atoms with Gasteiger partial charge in [-0.05, 0) is 98.2 Å². The summed E-state index contributed by atoms with van der Waals surface area (Å²) >= 11 is 0. The van der Waals surface area contributed by atoms with E-state index < -0.39 is 5.97 Å². The maximum atomic E-state index is 11.4. The SMILES string of the molecule is Cc1cc2c(c3cc[nH]c13)C(N1CC[C@@H](OCC3CC3)C[C@@H]1c1ccc(C(=O)O)cc1)CCC2. The molecule has 1 aromatic heterocycles. The summed E-state index contributed by atoms with van der Waals surface area (Å²) in [5.74, 6) is -0.106. The van der Waals surface area contributed by atoms with Gasteiger partial charge < -0.3 is 14.8 Å². The zero-order valence-corrected chi connectivity index (χ0v) is 19.9. The molecule has 0 radical (unpaired) electrons. The number of aromatic carboxylic acids is 1. The van der Waals surface area contributed by atoms with Crippen LogP contribution in [0.3, 0.4) is 0 Å². The first-order valence-corrected chi connectivity index (χ1v) is 12.9. The molecule has 2 heterocycles. The Hall–Kier alpha value is -2.63. The van der Waals surface area contributed by atoms with Gasteiger partial charge in [-0.2, -0.15) is 0 Å². The topological polar surface area (TPSA) is 65.6 Å². The number of aromatic nitrogens is 1. The van der Waals surface area contributed by atoms with E-state index in [4.69, 9.17) is 4.74 Å². The average molecular weight is 459 g/mol. The smallest absolute Gasteiger partial charge is 0.335 e. The largest absolute Gasteiger partial charge is 0.478 e. The molecule has 3 aliphatic rings. The molecule has 0 spiro atoms. The zero-order valence-electron chi connectivity index (χ0n) is 19.9. The van der Waals surface area contributed by atoms with Crippen molar-refractivity contribution >= 4 is 16.9 Å². The molecular weight excluding hydrogens is 424 g/mol. The molecule has 1 unspecified atom stereocenters. The Morgan fingerprint density at radius 1 is 1.12 bits per heavy atom. The number of aryl methyl sites for hydroxylation is 2. The minimum absolute atomic E-state index is 0.229. The fourth-order valence-electron chi connectivity index (χ4n) is 6.27. The highest BCUT2D eigenvalue weighted by Crippen LogP contribution is 2.46. The predicted octanol–water partition coefficient (Wildman–Crippen LogP) is 6.18. The Labute approximate surface area is 201 Å². The molecule has 5 heteroatoms. The van der Waals surface area contributed by atoms with Crippen LogP contribution in [-0.2, 0) is 11.2 Å². The molecule has 2 fully saturated rings. The average Bonchev–Trinajstić information content (AvgIpc) is 3.55. The number of rotatable bonds is 6. The highest BCUT2D eigenvalue weighted by molar-refractivity contribution is 5.88. The molecule has 0 amide bonds. The second-order valence-corrected chi connectivity index (χ2v) is 10.5. The van der Waals surface area contributed by atoms with Gasteiger partial charge in [0.05, 0.1) is 11.7 Å². The van der Waals surface area contributed by atoms with Gasteiger partial charge in [0, 0.05) is 42.3 Å². The lowest BCUT2D eigenvalue weighted by atomic mass is 9.81. The predicted molar refractivity (Wildman–Crippen MR) is 133 cm³/mol. The molecular formula is C29H34N2O3. The third-order valence-corrected chi connectivity index (χ3v) is 8.23. The van der Waals surface area contributed by atoms with Gasteiger partial charge in [0.15, 0.2) is 0 Å². The van der Waals surface area contributed by atoms with Crippen LogP contribution in [0.1, 0.15) is 83.2 Å². The van der Waals surface area contributed by atoms with Crippen molar-refractivity contribution in [2.45, 2.75) is 70.1 Å². The number of nitrogens with zero attached hydrogens (tertiary/aromatic N) is 1. The Balaban J connectivity index is 1.36. The highest BCUT2D eigenvalue weighted by atomic mass is 16.5. The number of carbonyl (C=O) groups is 1. The first-order valence-electron chi connectivity index (χ1n) is 12.9. The maximum Gasteiger partial charge on any atom is 0.335 e. The summed E-state index contributed by atoms with van der Waals surface area (Å²) in [5.41, 5.74) is 7.13. The second kappa shape index (κ2) is 8.86. The first kappa shape index (κ1) is 21.9. The quantitative estimate of drug-likeness (QED) is 0.463. The molecule has 1 saturated carbocycles. The van der Waals surface area contributed by atoms with E-state index in [2.05, 4.69) is 35.1 Å². The summed E-state index contributed by atoms with van der Waals surface area (Å²) < 4.78 is 6.37. The van der Waals surface area contributed by atoms with E-state index in [1.54, 1.807) is 12.1 Å².